The van der Waals surface area contributed by atoms with Crippen LogP contribution in [0, 0.1) is 5.92 Å². The number of amides is 1. The van der Waals surface area contributed by atoms with Crippen molar-refractivity contribution < 1.29 is 22.7 Å². The summed E-state index contributed by atoms with van der Waals surface area (Å²) in [5.41, 5.74) is 0. The van der Waals surface area contributed by atoms with Crippen LogP contribution in [0.25, 0.3) is 0 Å². The number of methoxy groups -OCH3 is 1. The molecule has 1 fully saturated rings. The van der Waals surface area contributed by atoms with E-state index in [4.69, 9.17) is 21.1 Å². The van der Waals surface area contributed by atoms with Gasteiger partial charge in [0, 0.05) is 24.0 Å². The minimum Gasteiger partial charge on any atom is -0.497 e. The lowest BCUT2D eigenvalue weighted by atomic mass is 9.97. The van der Waals surface area contributed by atoms with Crippen molar-refractivity contribution in [3.63, 3.8) is 0 Å². The molecular formula is C21H25ClN2O5S. The van der Waals surface area contributed by atoms with Gasteiger partial charge in [0.1, 0.15) is 18.1 Å². The molecule has 1 amide bonds. The molecule has 0 radical (unpaired) electrons. The summed E-state index contributed by atoms with van der Waals surface area (Å²) in [4.78, 5) is 12.6. The van der Waals surface area contributed by atoms with Gasteiger partial charge in [0.15, 0.2) is 0 Å². The van der Waals surface area contributed by atoms with Crippen molar-refractivity contribution in [1.29, 1.82) is 0 Å². The van der Waals surface area contributed by atoms with Gasteiger partial charge in [-0.1, -0.05) is 17.7 Å². The second kappa shape index (κ2) is 10.1. The second-order valence-electron chi connectivity index (χ2n) is 6.95. The molecule has 0 saturated carbocycles. The molecule has 9 heteroatoms. The highest BCUT2D eigenvalue weighted by Crippen LogP contribution is 2.25. The van der Waals surface area contributed by atoms with Crippen molar-refractivity contribution in [3.05, 3.63) is 53.6 Å². The molecule has 0 atom stereocenters. The Labute approximate surface area is 182 Å². The monoisotopic (exact) mass is 452 g/mol. The summed E-state index contributed by atoms with van der Waals surface area (Å²) < 4.78 is 37.6. The van der Waals surface area contributed by atoms with E-state index >= 15 is 0 Å². The maximum atomic E-state index is 12.8. The highest BCUT2D eigenvalue weighted by molar-refractivity contribution is 7.89. The Kier molecular flexibility index (Phi) is 7.58. The number of rotatable bonds is 8. The summed E-state index contributed by atoms with van der Waals surface area (Å²) in [5, 5.41) is 3.45. The van der Waals surface area contributed by atoms with E-state index in [-0.39, 0.29) is 16.7 Å². The second-order valence-corrected chi connectivity index (χ2v) is 9.33. The van der Waals surface area contributed by atoms with Gasteiger partial charge in [0.2, 0.25) is 15.9 Å². The van der Waals surface area contributed by atoms with Crippen LogP contribution in [0.4, 0.5) is 0 Å². The average molecular weight is 453 g/mol. The molecule has 30 heavy (non-hydrogen) atoms. The van der Waals surface area contributed by atoms with Crippen LogP contribution in [0.5, 0.6) is 11.5 Å². The molecule has 2 aromatic rings. The summed E-state index contributed by atoms with van der Waals surface area (Å²) in [6.45, 7) is 1.32. The molecule has 0 unspecified atom stereocenters. The van der Waals surface area contributed by atoms with Crippen LogP contribution in [0.15, 0.2) is 53.4 Å². The van der Waals surface area contributed by atoms with Crippen molar-refractivity contribution >= 4 is 27.5 Å². The van der Waals surface area contributed by atoms with E-state index in [1.54, 1.807) is 36.4 Å². The number of benzene rings is 2. The Balaban J connectivity index is 1.44. The minimum atomic E-state index is -3.58. The molecule has 1 saturated heterocycles. The van der Waals surface area contributed by atoms with Crippen molar-refractivity contribution in [1.82, 2.24) is 9.62 Å². The first kappa shape index (κ1) is 22.4. The van der Waals surface area contributed by atoms with Gasteiger partial charge in [-0.05, 0) is 55.3 Å². The smallest absolute Gasteiger partial charge is 0.243 e. The Morgan fingerprint density at radius 3 is 2.47 bits per heavy atom. The summed E-state index contributed by atoms with van der Waals surface area (Å²) in [6.07, 6.45) is 0.965. The number of ether oxygens (including phenoxy) is 2. The number of nitrogens with zero attached hydrogens (tertiary/aromatic N) is 1. The fourth-order valence-electron chi connectivity index (χ4n) is 3.30. The lowest BCUT2D eigenvalue weighted by Gasteiger charge is -2.30. The van der Waals surface area contributed by atoms with E-state index in [2.05, 4.69) is 5.32 Å². The molecule has 0 aromatic heterocycles. The van der Waals surface area contributed by atoms with E-state index in [1.807, 2.05) is 0 Å². The average Bonchev–Trinajstić information content (AvgIpc) is 2.77. The Bertz CT molecular complexity index is 958. The maximum absolute atomic E-state index is 12.8. The van der Waals surface area contributed by atoms with Gasteiger partial charge >= 0.3 is 0 Å². The fourth-order valence-corrected chi connectivity index (χ4v) is 4.95. The Hall–Kier alpha value is -2.29. The quantitative estimate of drug-likeness (QED) is 0.622. The topological polar surface area (TPSA) is 84.9 Å². The van der Waals surface area contributed by atoms with Gasteiger partial charge in [-0.2, -0.15) is 4.31 Å². The van der Waals surface area contributed by atoms with Crippen molar-refractivity contribution in [2.45, 2.75) is 17.7 Å². The first-order valence-electron chi connectivity index (χ1n) is 9.70. The number of sulfonamides is 1. The van der Waals surface area contributed by atoms with Gasteiger partial charge in [-0.15, -0.1) is 0 Å². The van der Waals surface area contributed by atoms with E-state index in [9.17, 15) is 13.2 Å². The molecule has 0 spiro atoms. The summed E-state index contributed by atoms with van der Waals surface area (Å²) in [7, 11) is -2.05. The SMILES string of the molecule is COc1ccc(S(=O)(=O)N2CCC(C(=O)NCCOc3cccc(Cl)c3)CC2)cc1. The molecular weight excluding hydrogens is 428 g/mol. The predicted molar refractivity (Wildman–Crippen MR) is 114 cm³/mol. The number of hydrogen-bond acceptors (Lipinski definition) is 5. The van der Waals surface area contributed by atoms with Crippen molar-refractivity contribution in [2.24, 2.45) is 5.92 Å². The highest BCUT2D eigenvalue weighted by Gasteiger charge is 2.32. The Morgan fingerprint density at radius 1 is 1.13 bits per heavy atom. The summed E-state index contributed by atoms with van der Waals surface area (Å²) in [6, 6.07) is 13.4. The molecule has 2 aromatic carbocycles. The lowest BCUT2D eigenvalue weighted by Crippen LogP contribution is -2.43. The predicted octanol–water partition coefficient (Wildman–Crippen LogP) is 2.94. The number of carbonyl (C=O) groups excluding carboxylic acids is 1. The van der Waals surface area contributed by atoms with E-state index in [0.29, 0.717) is 55.6 Å². The van der Waals surface area contributed by atoms with Gasteiger partial charge in [0.05, 0.1) is 18.6 Å². The standard InChI is InChI=1S/C21H25ClN2O5S/c1-28-18-5-7-20(8-6-18)30(26,27)24-12-9-16(10-13-24)21(25)23-11-14-29-19-4-2-3-17(22)15-19/h2-8,15-16H,9-14H2,1H3,(H,23,25). The van der Waals surface area contributed by atoms with Crippen LogP contribution < -0.4 is 14.8 Å². The van der Waals surface area contributed by atoms with Crippen LogP contribution >= 0.6 is 11.6 Å². The van der Waals surface area contributed by atoms with Gasteiger partial charge in [-0.3, -0.25) is 4.79 Å². The summed E-state index contributed by atoms with van der Waals surface area (Å²) >= 11 is 5.90. The maximum Gasteiger partial charge on any atom is 0.243 e. The number of hydrogen-bond donors (Lipinski definition) is 1. The fraction of sp³-hybridized carbons (Fsp3) is 0.381. The molecule has 1 heterocycles. The molecule has 1 aliphatic heterocycles. The normalized spacial score (nSPS) is 15.5. The zero-order valence-corrected chi connectivity index (χ0v) is 18.3. The van der Waals surface area contributed by atoms with Gasteiger partial charge in [0.25, 0.3) is 0 Å². The van der Waals surface area contributed by atoms with E-state index in [1.165, 1.54) is 23.5 Å². The van der Waals surface area contributed by atoms with Crippen LogP contribution in [0.2, 0.25) is 5.02 Å². The first-order chi connectivity index (χ1) is 14.4. The minimum absolute atomic E-state index is 0.0776. The molecule has 1 aliphatic rings. The van der Waals surface area contributed by atoms with Crippen molar-refractivity contribution in [2.75, 3.05) is 33.4 Å². The third-order valence-corrected chi connectivity index (χ3v) is 7.14. The Morgan fingerprint density at radius 2 is 1.83 bits per heavy atom. The van der Waals surface area contributed by atoms with Crippen LogP contribution in [-0.2, 0) is 14.8 Å². The molecule has 0 aliphatic carbocycles. The van der Waals surface area contributed by atoms with Gasteiger partial charge < -0.3 is 14.8 Å². The molecule has 1 N–H and O–H groups in total. The van der Waals surface area contributed by atoms with Crippen molar-refractivity contribution in [3.8, 4) is 11.5 Å². The number of nitrogens with one attached hydrogen (secondary N) is 1. The van der Waals surface area contributed by atoms with Crippen LogP contribution in [0.1, 0.15) is 12.8 Å². The zero-order chi connectivity index (χ0) is 21.6. The first-order valence-corrected chi connectivity index (χ1v) is 11.5. The molecule has 0 bridgehead atoms. The molecule has 7 nitrogen and oxygen atoms in total. The third-order valence-electron chi connectivity index (χ3n) is 4.99. The van der Waals surface area contributed by atoms with E-state index < -0.39 is 10.0 Å². The number of piperidine rings is 1. The van der Waals surface area contributed by atoms with Crippen LogP contribution in [0.3, 0.4) is 0 Å². The molecule has 3 rings (SSSR count). The molecule has 162 valence electrons. The third kappa shape index (κ3) is 5.65. The van der Waals surface area contributed by atoms with Gasteiger partial charge in [-0.25, -0.2) is 8.42 Å². The highest BCUT2D eigenvalue weighted by atomic mass is 35.5. The lowest BCUT2D eigenvalue weighted by molar-refractivity contribution is -0.126. The largest absolute Gasteiger partial charge is 0.497 e. The van der Waals surface area contributed by atoms with Crippen LogP contribution in [-0.4, -0.2) is 52.0 Å². The number of halogens is 1. The van der Waals surface area contributed by atoms with E-state index in [0.717, 1.165) is 0 Å². The zero-order valence-electron chi connectivity index (χ0n) is 16.7. The number of carbonyl (C=O) groups is 1. The summed E-state index contributed by atoms with van der Waals surface area (Å²) in [5.74, 6) is 0.960.